The predicted octanol–water partition coefficient (Wildman–Crippen LogP) is 8.75. The highest BCUT2D eigenvalue weighted by atomic mass is 35.5. The first kappa shape index (κ1) is 32.3. The molecule has 1 N–H and O–H groups in total. The van der Waals surface area contributed by atoms with E-state index >= 15 is 0 Å². The van der Waals surface area contributed by atoms with Crippen LogP contribution in [0.4, 0.5) is 13.2 Å². The zero-order valence-corrected chi connectivity index (χ0v) is 22.2. The quantitative estimate of drug-likeness (QED) is 0.376. The number of ether oxygens (including phenoxy) is 1. The summed E-state index contributed by atoms with van der Waals surface area (Å²) in [6, 6.07) is 4.30. The second kappa shape index (κ2) is 18.6. The van der Waals surface area contributed by atoms with Gasteiger partial charge >= 0.3 is 0 Å². The molecule has 196 valence electrons. The zero-order valence-electron chi connectivity index (χ0n) is 21.5. The molecule has 1 saturated heterocycles. The van der Waals surface area contributed by atoms with Gasteiger partial charge in [0.05, 0.1) is 12.1 Å². The Hall–Kier alpha value is -1.69. The lowest BCUT2D eigenvalue weighted by Crippen LogP contribution is -2.19. The van der Waals surface area contributed by atoms with Crippen LogP contribution in [-0.4, -0.2) is 25.5 Å². The molecule has 1 aliphatic heterocycles. The Kier molecular flexibility index (Phi) is 17.7. The molecular weight excluding hydrogens is 463 g/mol. The fraction of sp³-hybridized carbons (Fsp3) is 0.667. The van der Waals surface area contributed by atoms with Crippen molar-refractivity contribution in [2.24, 2.45) is 5.92 Å². The number of hydrogen-bond acceptors (Lipinski definition) is 2. The zero-order chi connectivity index (χ0) is 26.0. The Balaban J connectivity index is 0.000000444. The Bertz CT molecular complexity index is 712. The summed E-state index contributed by atoms with van der Waals surface area (Å²) in [5.74, 6) is -2.06. The van der Waals surface area contributed by atoms with Crippen LogP contribution in [0, 0.1) is 11.7 Å². The highest BCUT2D eigenvalue weighted by Gasteiger charge is 2.29. The fourth-order valence-corrected chi connectivity index (χ4v) is 3.15. The summed E-state index contributed by atoms with van der Waals surface area (Å²) >= 11 is 5.41. The first-order chi connectivity index (χ1) is 16.1. The van der Waals surface area contributed by atoms with E-state index in [-0.39, 0.29) is 29.7 Å². The normalized spacial score (nSPS) is 15.2. The van der Waals surface area contributed by atoms with E-state index < -0.39 is 11.7 Å². The molecule has 1 aliphatic carbocycles. The molecule has 1 amide bonds. The van der Waals surface area contributed by atoms with E-state index in [2.05, 4.69) is 18.3 Å². The van der Waals surface area contributed by atoms with Gasteiger partial charge in [-0.3, -0.25) is 4.79 Å². The maximum atomic E-state index is 13.0. The van der Waals surface area contributed by atoms with Gasteiger partial charge in [-0.2, -0.15) is 0 Å². The van der Waals surface area contributed by atoms with Crippen LogP contribution in [0.25, 0.3) is 0 Å². The van der Waals surface area contributed by atoms with Crippen LogP contribution in [0.5, 0.6) is 5.75 Å². The topological polar surface area (TPSA) is 38.3 Å². The summed E-state index contributed by atoms with van der Waals surface area (Å²) in [4.78, 5) is 10.1. The molecular formula is C27H43ClF3NO2. The maximum Gasteiger partial charge on any atom is 0.248 e. The summed E-state index contributed by atoms with van der Waals surface area (Å²) in [6.45, 7) is 8.80. The molecule has 0 spiro atoms. The molecule has 1 aromatic carbocycles. The van der Waals surface area contributed by atoms with Gasteiger partial charge in [-0.05, 0) is 57.1 Å². The number of allylic oxidation sites excluding steroid dienone is 2. The third-order valence-electron chi connectivity index (χ3n) is 5.67. The number of carbonyl (C=O) groups excluding carboxylic acids is 1. The average Bonchev–Trinajstić information content (AvgIpc) is 3.25. The number of hydrogen-bond donors (Lipinski definition) is 1. The van der Waals surface area contributed by atoms with Gasteiger partial charge in [0.25, 0.3) is 0 Å². The molecule has 1 aromatic rings. The third kappa shape index (κ3) is 16.0. The van der Waals surface area contributed by atoms with Gasteiger partial charge in [0.1, 0.15) is 11.6 Å². The molecule has 0 bridgehead atoms. The van der Waals surface area contributed by atoms with Gasteiger partial charge in [-0.25, -0.2) is 13.2 Å². The molecule has 1 heterocycles. The number of methoxy groups -OCH3 is 1. The number of nitrogens with one attached hydrogen (secondary N) is 1. The second-order valence-electron chi connectivity index (χ2n) is 8.71. The number of amides is 1. The van der Waals surface area contributed by atoms with Crippen molar-refractivity contribution in [1.29, 1.82) is 0 Å². The van der Waals surface area contributed by atoms with E-state index in [4.69, 9.17) is 16.3 Å². The Morgan fingerprint density at radius 2 is 1.88 bits per heavy atom. The van der Waals surface area contributed by atoms with E-state index in [0.29, 0.717) is 12.2 Å². The highest BCUT2D eigenvalue weighted by molar-refractivity contribution is 6.30. The molecule has 2 aliphatic rings. The van der Waals surface area contributed by atoms with E-state index in [0.717, 1.165) is 32.2 Å². The molecule has 0 radical (unpaired) electrons. The van der Waals surface area contributed by atoms with Crippen molar-refractivity contribution in [1.82, 2.24) is 5.32 Å². The monoisotopic (exact) mass is 505 g/mol. The second-order valence-corrected chi connectivity index (χ2v) is 9.12. The van der Waals surface area contributed by atoms with Crippen LogP contribution in [0.1, 0.15) is 91.9 Å². The lowest BCUT2D eigenvalue weighted by molar-refractivity contribution is -0.119. The third-order valence-corrected chi connectivity index (χ3v) is 5.98. The van der Waals surface area contributed by atoms with Crippen LogP contribution in [0.15, 0.2) is 29.8 Å². The van der Waals surface area contributed by atoms with E-state index in [1.165, 1.54) is 38.5 Å². The van der Waals surface area contributed by atoms with Crippen LogP contribution in [0.2, 0.25) is 5.02 Å². The number of alkyl halides is 2. The Labute approximate surface area is 209 Å². The lowest BCUT2D eigenvalue weighted by atomic mass is 9.93. The van der Waals surface area contributed by atoms with Gasteiger partial charge in [-0.1, -0.05) is 56.9 Å². The van der Waals surface area contributed by atoms with Crippen LogP contribution in [0.3, 0.4) is 0 Å². The van der Waals surface area contributed by atoms with Crippen LogP contribution < -0.4 is 10.1 Å². The first-order valence-corrected chi connectivity index (χ1v) is 12.7. The molecule has 1 unspecified atom stereocenters. The molecule has 1 atom stereocenters. The van der Waals surface area contributed by atoms with Crippen molar-refractivity contribution in [3.63, 3.8) is 0 Å². The number of unbranched alkanes of at least 4 members (excludes halogenated alkanes) is 1. The number of benzene rings is 1. The SMILES string of the molecule is CC=C1CCC1.CCCCC(F)(F)CC(C)CC.COc1ccc(Cl)c(F)c1.O=C1CCCN1. The van der Waals surface area contributed by atoms with Crippen molar-refractivity contribution >= 4 is 17.5 Å². The molecule has 0 aromatic heterocycles. The highest BCUT2D eigenvalue weighted by Crippen LogP contribution is 2.30. The van der Waals surface area contributed by atoms with Gasteiger partial charge in [0.2, 0.25) is 11.8 Å². The van der Waals surface area contributed by atoms with Gasteiger partial charge < -0.3 is 10.1 Å². The summed E-state index contributed by atoms with van der Waals surface area (Å²) in [6.07, 6.45) is 10.6. The van der Waals surface area contributed by atoms with Crippen molar-refractivity contribution in [3.05, 3.63) is 40.7 Å². The van der Waals surface area contributed by atoms with E-state index in [9.17, 15) is 18.0 Å². The minimum absolute atomic E-state index is 0.0590. The fourth-order valence-electron chi connectivity index (χ4n) is 3.03. The Morgan fingerprint density at radius 1 is 1.21 bits per heavy atom. The summed E-state index contributed by atoms with van der Waals surface area (Å²) in [5.41, 5.74) is 1.65. The standard InChI is InChI=1S/C10H20F2.C7H6ClFO.C6H10.C4H7NO/c1-4-6-7-10(11,12)8-9(3)5-2;1-10-5-2-3-6(8)7(9)4-5;1-2-6-4-3-5-6;6-4-2-1-3-5-4/h9H,4-8H2,1-3H3;2-4H,1H3;2H,3-5H2,1H3;1-3H2,(H,5,6). The molecule has 3 rings (SSSR count). The van der Waals surface area contributed by atoms with Crippen molar-refractivity contribution in [3.8, 4) is 5.75 Å². The van der Waals surface area contributed by atoms with E-state index in [1.54, 1.807) is 11.6 Å². The minimum Gasteiger partial charge on any atom is -0.497 e. The summed E-state index contributed by atoms with van der Waals surface area (Å²) < 4.78 is 43.4. The van der Waals surface area contributed by atoms with Crippen LogP contribution in [-0.2, 0) is 4.79 Å². The molecule has 7 heteroatoms. The van der Waals surface area contributed by atoms with Crippen molar-refractivity contribution in [2.75, 3.05) is 13.7 Å². The predicted molar refractivity (Wildman–Crippen MR) is 136 cm³/mol. The van der Waals surface area contributed by atoms with E-state index in [1.807, 2.05) is 20.8 Å². The number of carbonyl (C=O) groups is 1. The summed E-state index contributed by atoms with van der Waals surface area (Å²) in [5, 5.41) is 2.79. The van der Waals surface area contributed by atoms with Gasteiger partial charge in [0.15, 0.2) is 0 Å². The first-order valence-electron chi connectivity index (χ1n) is 12.4. The molecule has 1 saturated carbocycles. The summed E-state index contributed by atoms with van der Waals surface area (Å²) in [7, 11) is 1.47. The molecule has 3 nitrogen and oxygen atoms in total. The number of halogens is 4. The Morgan fingerprint density at radius 3 is 2.21 bits per heavy atom. The largest absolute Gasteiger partial charge is 0.497 e. The van der Waals surface area contributed by atoms with Gasteiger partial charge in [-0.15, -0.1) is 0 Å². The molecule has 2 fully saturated rings. The maximum absolute atomic E-state index is 13.0. The van der Waals surface area contributed by atoms with Gasteiger partial charge in [0, 0.05) is 31.9 Å². The lowest BCUT2D eigenvalue weighted by Gasteiger charge is -2.19. The van der Waals surface area contributed by atoms with Crippen LogP contribution >= 0.6 is 11.6 Å². The number of rotatable bonds is 7. The van der Waals surface area contributed by atoms with Crippen molar-refractivity contribution < 1.29 is 22.7 Å². The average molecular weight is 506 g/mol. The minimum atomic E-state index is -2.43. The molecule has 34 heavy (non-hydrogen) atoms. The smallest absolute Gasteiger partial charge is 0.248 e. The van der Waals surface area contributed by atoms with Crippen molar-refractivity contribution in [2.45, 2.75) is 97.8 Å².